The SMILES string of the molecule is Cc1ccc(CC(=O)Nc2c(C)cc(N3CCOCC3)nc2C)cc1. The first kappa shape index (κ1) is 17.4. The van der Waals surface area contributed by atoms with Gasteiger partial charge in [-0.15, -0.1) is 0 Å². The van der Waals surface area contributed by atoms with Gasteiger partial charge in [-0.3, -0.25) is 4.79 Å². The Labute approximate surface area is 149 Å². The van der Waals surface area contributed by atoms with Crippen LogP contribution in [0.3, 0.4) is 0 Å². The first-order chi connectivity index (χ1) is 12.0. The number of ether oxygens (including phenoxy) is 1. The van der Waals surface area contributed by atoms with Gasteiger partial charge in [-0.1, -0.05) is 29.8 Å². The van der Waals surface area contributed by atoms with E-state index >= 15 is 0 Å². The van der Waals surface area contributed by atoms with Crippen LogP contribution >= 0.6 is 0 Å². The number of nitrogens with zero attached hydrogens (tertiary/aromatic N) is 2. The van der Waals surface area contributed by atoms with E-state index in [2.05, 4.69) is 15.2 Å². The number of hydrogen-bond acceptors (Lipinski definition) is 4. The predicted molar refractivity (Wildman–Crippen MR) is 100 cm³/mol. The van der Waals surface area contributed by atoms with E-state index in [0.717, 1.165) is 54.6 Å². The molecule has 0 bridgehead atoms. The second kappa shape index (κ2) is 7.66. The molecule has 2 heterocycles. The Morgan fingerprint density at radius 1 is 1.16 bits per heavy atom. The monoisotopic (exact) mass is 339 g/mol. The summed E-state index contributed by atoms with van der Waals surface area (Å²) in [6.45, 7) is 9.16. The molecule has 1 saturated heterocycles. The van der Waals surface area contributed by atoms with Gasteiger partial charge in [0.05, 0.1) is 31.0 Å². The number of benzene rings is 1. The normalized spacial score (nSPS) is 14.4. The molecule has 1 aliphatic heterocycles. The highest BCUT2D eigenvalue weighted by Crippen LogP contribution is 2.24. The summed E-state index contributed by atoms with van der Waals surface area (Å²) < 4.78 is 5.40. The third-order valence-corrected chi connectivity index (χ3v) is 4.47. The lowest BCUT2D eigenvalue weighted by atomic mass is 10.1. The van der Waals surface area contributed by atoms with Gasteiger partial charge in [0.1, 0.15) is 5.82 Å². The molecule has 1 fully saturated rings. The lowest BCUT2D eigenvalue weighted by Gasteiger charge is -2.28. The Morgan fingerprint density at radius 2 is 1.84 bits per heavy atom. The minimum Gasteiger partial charge on any atom is -0.378 e. The highest BCUT2D eigenvalue weighted by Gasteiger charge is 2.16. The molecule has 0 unspecified atom stereocenters. The smallest absolute Gasteiger partial charge is 0.228 e. The maximum absolute atomic E-state index is 12.4. The van der Waals surface area contributed by atoms with E-state index in [1.54, 1.807) is 0 Å². The Bertz CT molecular complexity index is 727. The molecule has 25 heavy (non-hydrogen) atoms. The van der Waals surface area contributed by atoms with E-state index in [9.17, 15) is 4.79 Å². The summed E-state index contributed by atoms with van der Waals surface area (Å²) in [4.78, 5) is 19.3. The highest BCUT2D eigenvalue weighted by molar-refractivity contribution is 5.93. The van der Waals surface area contributed by atoms with Crippen molar-refractivity contribution in [2.75, 3.05) is 36.5 Å². The Kier molecular flexibility index (Phi) is 5.34. The summed E-state index contributed by atoms with van der Waals surface area (Å²) >= 11 is 0. The molecule has 0 spiro atoms. The minimum atomic E-state index is -0.0176. The largest absolute Gasteiger partial charge is 0.378 e. The second-order valence-electron chi connectivity index (χ2n) is 6.57. The van der Waals surface area contributed by atoms with Gasteiger partial charge in [0, 0.05) is 13.1 Å². The topological polar surface area (TPSA) is 54.5 Å². The molecule has 2 aromatic rings. The van der Waals surface area contributed by atoms with Crippen LogP contribution in [0.1, 0.15) is 22.4 Å². The van der Waals surface area contributed by atoms with Crippen molar-refractivity contribution in [2.45, 2.75) is 27.2 Å². The fraction of sp³-hybridized carbons (Fsp3) is 0.400. The van der Waals surface area contributed by atoms with E-state index in [1.807, 2.05) is 51.1 Å². The zero-order valence-electron chi connectivity index (χ0n) is 15.1. The number of rotatable bonds is 4. The number of carbonyl (C=O) groups excluding carboxylic acids is 1. The molecule has 0 aliphatic carbocycles. The molecule has 132 valence electrons. The van der Waals surface area contributed by atoms with Crippen molar-refractivity contribution in [3.05, 3.63) is 52.7 Å². The molecule has 1 N–H and O–H groups in total. The number of amides is 1. The molecule has 0 saturated carbocycles. The molecule has 1 aromatic carbocycles. The highest BCUT2D eigenvalue weighted by atomic mass is 16.5. The molecule has 3 rings (SSSR count). The molecule has 5 heteroatoms. The van der Waals surface area contributed by atoms with Crippen molar-refractivity contribution >= 4 is 17.4 Å². The summed E-state index contributed by atoms with van der Waals surface area (Å²) in [5.74, 6) is 0.936. The van der Waals surface area contributed by atoms with Gasteiger partial charge in [0.25, 0.3) is 0 Å². The first-order valence-electron chi connectivity index (χ1n) is 8.69. The Hall–Kier alpha value is -2.40. The number of aryl methyl sites for hydroxylation is 3. The van der Waals surface area contributed by atoms with Crippen molar-refractivity contribution in [1.82, 2.24) is 4.98 Å². The third-order valence-electron chi connectivity index (χ3n) is 4.47. The summed E-state index contributed by atoms with van der Waals surface area (Å²) in [5.41, 5.74) is 4.90. The fourth-order valence-corrected chi connectivity index (χ4v) is 3.03. The van der Waals surface area contributed by atoms with Crippen LogP contribution in [0.2, 0.25) is 0 Å². The van der Waals surface area contributed by atoms with Crippen molar-refractivity contribution < 1.29 is 9.53 Å². The quantitative estimate of drug-likeness (QED) is 0.930. The van der Waals surface area contributed by atoms with E-state index < -0.39 is 0 Å². The van der Waals surface area contributed by atoms with Gasteiger partial charge < -0.3 is 15.0 Å². The van der Waals surface area contributed by atoms with E-state index in [0.29, 0.717) is 6.42 Å². The van der Waals surface area contributed by atoms with Crippen LogP contribution < -0.4 is 10.2 Å². The molecule has 0 radical (unpaired) electrons. The summed E-state index contributed by atoms with van der Waals surface area (Å²) in [7, 11) is 0. The van der Waals surface area contributed by atoms with Gasteiger partial charge in [0.15, 0.2) is 0 Å². The van der Waals surface area contributed by atoms with Crippen molar-refractivity contribution in [3.8, 4) is 0 Å². The fourth-order valence-electron chi connectivity index (χ4n) is 3.03. The van der Waals surface area contributed by atoms with Crippen LogP contribution in [0, 0.1) is 20.8 Å². The number of pyridine rings is 1. The maximum atomic E-state index is 12.4. The zero-order chi connectivity index (χ0) is 17.8. The maximum Gasteiger partial charge on any atom is 0.228 e. The Morgan fingerprint density at radius 3 is 2.48 bits per heavy atom. The van der Waals surface area contributed by atoms with Crippen LogP contribution in [0.4, 0.5) is 11.5 Å². The number of aromatic nitrogens is 1. The van der Waals surface area contributed by atoms with Crippen molar-refractivity contribution in [2.24, 2.45) is 0 Å². The van der Waals surface area contributed by atoms with Crippen LogP contribution in [0.5, 0.6) is 0 Å². The standard InChI is InChI=1S/C20H25N3O2/c1-14-4-6-17(7-5-14)13-19(24)22-20-15(2)12-18(21-16(20)3)23-8-10-25-11-9-23/h4-7,12H,8-11,13H2,1-3H3,(H,22,24). The first-order valence-corrected chi connectivity index (χ1v) is 8.69. The molecular formula is C20H25N3O2. The van der Waals surface area contributed by atoms with Gasteiger partial charge in [-0.25, -0.2) is 4.98 Å². The van der Waals surface area contributed by atoms with E-state index in [4.69, 9.17) is 4.74 Å². The number of carbonyl (C=O) groups is 1. The van der Waals surface area contributed by atoms with E-state index in [-0.39, 0.29) is 5.91 Å². The number of morpholine rings is 1. The van der Waals surface area contributed by atoms with Crippen LogP contribution in [0.25, 0.3) is 0 Å². The number of hydrogen-bond donors (Lipinski definition) is 1. The lowest BCUT2D eigenvalue weighted by molar-refractivity contribution is -0.115. The van der Waals surface area contributed by atoms with Crippen LogP contribution in [-0.2, 0) is 16.0 Å². The molecule has 1 amide bonds. The zero-order valence-corrected chi connectivity index (χ0v) is 15.1. The summed E-state index contributed by atoms with van der Waals surface area (Å²) in [5, 5.41) is 3.03. The Balaban J connectivity index is 1.71. The number of nitrogens with one attached hydrogen (secondary N) is 1. The van der Waals surface area contributed by atoms with E-state index in [1.165, 1.54) is 5.56 Å². The second-order valence-corrected chi connectivity index (χ2v) is 6.57. The van der Waals surface area contributed by atoms with Crippen molar-refractivity contribution in [1.29, 1.82) is 0 Å². The van der Waals surface area contributed by atoms with Gasteiger partial charge in [-0.2, -0.15) is 0 Å². The van der Waals surface area contributed by atoms with Gasteiger partial charge in [0.2, 0.25) is 5.91 Å². The molecular weight excluding hydrogens is 314 g/mol. The number of anilines is 2. The minimum absolute atomic E-state index is 0.0176. The van der Waals surface area contributed by atoms with Crippen LogP contribution in [0.15, 0.2) is 30.3 Å². The molecule has 1 aromatic heterocycles. The van der Waals surface area contributed by atoms with Gasteiger partial charge >= 0.3 is 0 Å². The average Bonchev–Trinajstić information content (AvgIpc) is 2.61. The predicted octanol–water partition coefficient (Wildman–Crippen LogP) is 3.02. The van der Waals surface area contributed by atoms with Crippen LogP contribution in [-0.4, -0.2) is 37.2 Å². The summed E-state index contributed by atoms with van der Waals surface area (Å²) in [6.07, 6.45) is 0.365. The van der Waals surface area contributed by atoms with Crippen molar-refractivity contribution in [3.63, 3.8) is 0 Å². The average molecular weight is 339 g/mol. The lowest BCUT2D eigenvalue weighted by Crippen LogP contribution is -2.37. The summed E-state index contributed by atoms with van der Waals surface area (Å²) in [6, 6.07) is 10.1. The van der Waals surface area contributed by atoms with Gasteiger partial charge in [-0.05, 0) is 38.0 Å². The molecule has 1 aliphatic rings. The third kappa shape index (κ3) is 4.37. The molecule has 5 nitrogen and oxygen atoms in total. The molecule has 0 atom stereocenters.